The Kier molecular flexibility index (Phi) is 2.93. The van der Waals surface area contributed by atoms with Gasteiger partial charge in [0.25, 0.3) is 0 Å². The van der Waals surface area contributed by atoms with Crippen molar-refractivity contribution in [1.82, 2.24) is 10.2 Å². The van der Waals surface area contributed by atoms with Crippen LogP contribution in [0.2, 0.25) is 0 Å². The molecule has 0 aromatic heterocycles. The van der Waals surface area contributed by atoms with Crippen LogP contribution in [0, 0.1) is 0 Å². The second-order valence-corrected chi connectivity index (χ2v) is 4.33. The van der Waals surface area contributed by atoms with Gasteiger partial charge in [0.05, 0.1) is 5.54 Å². The van der Waals surface area contributed by atoms with Crippen molar-refractivity contribution in [2.24, 2.45) is 5.73 Å². The SMILES string of the molecule is CC1CN(C(=O)C(C)(C)N)CCN1. The summed E-state index contributed by atoms with van der Waals surface area (Å²) in [5, 5.41) is 3.28. The van der Waals surface area contributed by atoms with Crippen molar-refractivity contribution in [3.63, 3.8) is 0 Å². The number of nitrogens with one attached hydrogen (secondary N) is 1. The summed E-state index contributed by atoms with van der Waals surface area (Å²) in [5.74, 6) is 0.0425. The van der Waals surface area contributed by atoms with Crippen LogP contribution in [0.4, 0.5) is 0 Å². The normalized spacial score (nSPS) is 24.6. The maximum absolute atomic E-state index is 11.7. The average Bonchev–Trinajstić information content (AvgIpc) is 2.01. The van der Waals surface area contributed by atoms with Crippen LogP contribution in [-0.2, 0) is 4.79 Å². The summed E-state index contributed by atoms with van der Waals surface area (Å²) >= 11 is 0. The van der Waals surface area contributed by atoms with Crippen LogP contribution in [0.1, 0.15) is 20.8 Å². The number of piperazine rings is 1. The zero-order chi connectivity index (χ0) is 10.1. The molecule has 0 radical (unpaired) electrons. The van der Waals surface area contributed by atoms with E-state index >= 15 is 0 Å². The van der Waals surface area contributed by atoms with Crippen LogP contribution >= 0.6 is 0 Å². The Hall–Kier alpha value is -0.610. The third kappa shape index (κ3) is 2.67. The lowest BCUT2D eigenvalue weighted by Crippen LogP contribution is -2.58. The lowest BCUT2D eigenvalue weighted by Gasteiger charge is -2.35. The third-order valence-electron chi connectivity index (χ3n) is 2.21. The van der Waals surface area contributed by atoms with Gasteiger partial charge in [-0.1, -0.05) is 0 Å². The number of carbonyl (C=O) groups is 1. The van der Waals surface area contributed by atoms with E-state index < -0.39 is 5.54 Å². The Bertz CT molecular complexity index is 198. The van der Waals surface area contributed by atoms with Gasteiger partial charge in [-0.2, -0.15) is 0 Å². The largest absolute Gasteiger partial charge is 0.338 e. The van der Waals surface area contributed by atoms with Gasteiger partial charge >= 0.3 is 0 Å². The number of amides is 1. The minimum Gasteiger partial charge on any atom is -0.338 e. The zero-order valence-electron chi connectivity index (χ0n) is 8.63. The summed E-state index contributed by atoms with van der Waals surface area (Å²) < 4.78 is 0. The van der Waals surface area contributed by atoms with Crippen molar-refractivity contribution in [1.29, 1.82) is 0 Å². The number of nitrogens with two attached hydrogens (primary N) is 1. The fraction of sp³-hybridized carbons (Fsp3) is 0.889. The standard InChI is InChI=1S/C9H19N3O/c1-7-6-12(5-4-11-7)8(13)9(2,3)10/h7,11H,4-6,10H2,1-3H3. The molecule has 1 fully saturated rings. The first-order chi connectivity index (χ1) is 5.91. The second kappa shape index (κ2) is 3.64. The van der Waals surface area contributed by atoms with Crippen LogP contribution in [0.15, 0.2) is 0 Å². The average molecular weight is 185 g/mol. The minimum atomic E-state index is -0.739. The van der Waals surface area contributed by atoms with Crippen molar-refractivity contribution < 1.29 is 4.79 Å². The van der Waals surface area contributed by atoms with Gasteiger partial charge in [-0.15, -0.1) is 0 Å². The van der Waals surface area contributed by atoms with E-state index in [9.17, 15) is 4.79 Å². The lowest BCUT2D eigenvalue weighted by atomic mass is 10.0. The van der Waals surface area contributed by atoms with Gasteiger partial charge in [-0.3, -0.25) is 4.79 Å². The molecule has 76 valence electrons. The number of hydrogen-bond donors (Lipinski definition) is 2. The highest BCUT2D eigenvalue weighted by Crippen LogP contribution is 2.07. The van der Waals surface area contributed by atoms with Gasteiger partial charge in [0.15, 0.2) is 0 Å². The van der Waals surface area contributed by atoms with Crippen LogP contribution < -0.4 is 11.1 Å². The maximum atomic E-state index is 11.7. The molecule has 1 aliphatic heterocycles. The molecular weight excluding hydrogens is 166 g/mol. The van der Waals surface area contributed by atoms with E-state index in [1.165, 1.54) is 0 Å². The Morgan fingerprint density at radius 1 is 1.62 bits per heavy atom. The smallest absolute Gasteiger partial charge is 0.242 e. The highest BCUT2D eigenvalue weighted by Gasteiger charge is 2.29. The number of carbonyl (C=O) groups excluding carboxylic acids is 1. The summed E-state index contributed by atoms with van der Waals surface area (Å²) in [4.78, 5) is 13.6. The minimum absolute atomic E-state index is 0.0425. The van der Waals surface area contributed by atoms with Gasteiger partial charge in [0, 0.05) is 25.7 Å². The van der Waals surface area contributed by atoms with Crippen molar-refractivity contribution in [3.8, 4) is 0 Å². The highest BCUT2D eigenvalue weighted by atomic mass is 16.2. The van der Waals surface area contributed by atoms with E-state index in [-0.39, 0.29) is 5.91 Å². The molecule has 0 spiro atoms. The zero-order valence-corrected chi connectivity index (χ0v) is 8.63. The summed E-state index contributed by atoms with van der Waals surface area (Å²) in [6.07, 6.45) is 0. The van der Waals surface area contributed by atoms with Gasteiger partial charge in [0.2, 0.25) is 5.91 Å². The quantitative estimate of drug-likeness (QED) is 0.581. The Morgan fingerprint density at radius 2 is 2.23 bits per heavy atom. The molecule has 1 unspecified atom stereocenters. The number of rotatable bonds is 1. The molecule has 0 saturated carbocycles. The summed E-state index contributed by atoms with van der Waals surface area (Å²) in [6, 6.07) is 0.375. The molecule has 0 aliphatic carbocycles. The van der Waals surface area contributed by atoms with E-state index in [2.05, 4.69) is 12.2 Å². The fourth-order valence-electron chi connectivity index (χ4n) is 1.52. The van der Waals surface area contributed by atoms with Crippen LogP contribution in [0.5, 0.6) is 0 Å². The maximum Gasteiger partial charge on any atom is 0.242 e. The molecule has 1 heterocycles. The van der Waals surface area contributed by atoms with Gasteiger partial charge < -0.3 is 16.0 Å². The molecule has 0 aromatic carbocycles. The molecule has 4 nitrogen and oxygen atoms in total. The molecule has 0 bridgehead atoms. The molecule has 1 rings (SSSR count). The van der Waals surface area contributed by atoms with Crippen LogP contribution in [0.25, 0.3) is 0 Å². The van der Waals surface area contributed by atoms with Gasteiger partial charge in [-0.25, -0.2) is 0 Å². The topological polar surface area (TPSA) is 58.4 Å². The second-order valence-electron chi connectivity index (χ2n) is 4.33. The molecule has 4 heteroatoms. The molecule has 1 saturated heterocycles. The van der Waals surface area contributed by atoms with E-state index in [0.717, 1.165) is 19.6 Å². The van der Waals surface area contributed by atoms with E-state index in [0.29, 0.717) is 6.04 Å². The Morgan fingerprint density at radius 3 is 2.69 bits per heavy atom. The first kappa shape index (κ1) is 10.5. The molecule has 0 aromatic rings. The van der Waals surface area contributed by atoms with Gasteiger partial charge in [0.1, 0.15) is 0 Å². The first-order valence-electron chi connectivity index (χ1n) is 4.73. The molecule has 3 N–H and O–H groups in total. The van der Waals surface area contributed by atoms with Crippen molar-refractivity contribution >= 4 is 5.91 Å². The summed E-state index contributed by atoms with van der Waals surface area (Å²) in [6.45, 7) is 7.97. The highest BCUT2D eigenvalue weighted by molar-refractivity contribution is 5.85. The van der Waals surface area contributed by atoms with Crippen molar-refractivity contribution in [2.75, 3.05) is 19.6 Å². The van der Waals surface area contributed by atoms with Crippen LogP contribution in [-0.4, -0.2) is 42.0 Å². The van der Waals surface area contributed by atoms with E-state index in [1.54, 1.807) is 13.8 Å². The molecule has 1 amide bonds. The lowest BCUT2D eigenvalue weighted by molar-refractivity contribution is -0.136. The van der Waals surface area contributed by atoms with Crippen LogP contribution in [0.3, 0.4) is 0 Å². The number of hydrogen-bond acceptors (Lipinski definition) is 3. The monoisotopic (exact) mass is 185 g/mol. The van der Waals surface area contributed by atoms with E-state index in [4.69, 9.17) is 5.73 Å². The molecular formula is C9H19N3O. The predicted molar refractivity (Wildman–Crippen MR) is 52.3 cm³/mol. The van der Waals surface area contributed by atoms with E-state index in [1.807, 2.05) is 4.90 Å². The third-order valence-corrected chi connectivity index (χ3v) is 2.21. The summed E-state index contributed by atoms with van der Waals surface area (Å²) in [7, 11) is 0. The fourth-order valence-corrected chi connectivity index (χ4v) is 1.52. The molecule has 1 atom stereocenters. The van der Waals surface area contributed by atoms with Crippen molar-refractivity contribution in [2.45, 2.75) is 32.4 Å². The van der Waals surface area contributed by atoms with Crippen molar-refractivity contribution in [3.05, 3.63) is 0 Å². The number of nitrogens with zero attached hydrogens (tertiary/aromatic N) is 1. The Balaban J connectivity index is 2.56. The predicted octanol–water partition coefficient (Wildman–Crippen LogP) is -0.456. The Labute approximate surface area is 79.5 Å². The first-order valence-corrected chi connectivity index (χ1v) is 4.73. The molecule has 1 aliphatic rings. The van der Waals surface area contributed by atoms with Gasteiger partial charge in [-0.05, 0) is 20.8 Å². The summed E-state index contributed by atoms with van der Waals surface area (Å²) in [5.41, 5.74) is 5.00. The molecule has 13 heavy (non-hydrogen) atoms.